The van der Waals surface area contributed by atoms with E-state index >= 15 is 0 Å². The van der Waals surface area contributed by atoms with Crippen LogP contribution in [0.25, 0.3) is 0 Å². The molecule has 0 spiro atoms. The first-order chi connectivity index (χ1) is 10.2. The minimum absolute atomic E-state index is 0.558. The van der Waals surface area contributed by atoms with Crippen LogP contribution in [0.15, 0.2) is 47.6 Å². The minimum Gasteiger partial charge on any atom is -0.497 e. The second kappa shape index (κ2) is 7.55. The van der Waals surface area contributed by atoms with Crippen molar-refractivity contribution >= 4 is 17.8 Å². The number of ether oxygens (including phenoxy) is 2. The molecule has 0 heterocycles. The van der Waals surface area contributed by atoms with E-state index in [2.05, 4.69) is 10.5 Å². The van der Waals surface area contributed by atoms with Gasteiger partial charge in [0, 0.05) is 10.6 Å². The maximum atomic E-state index is 6.08. The molecule has 0 aliphatic carbocycles. The van der Waals surface area contributed by atoms with Crippen molar-refractivity contribution in [1.29, 1.82) is 0 Å². The van der Waals surface area contributed by atoms with Crippen LogP contribution >= 0.6 is 11.6 Å². The van der Waals surface area contributed by atoms with Crippen LogP contribution in [-0.4, -0.2) is 20.4 Å². The highest BCUT2D eigenvalue weighted by molar-refractivity contribution is 6.31. The number of rotatable bonds is 6. The van der Waals surface area contributed by atoms with Crippen molar-refractivity contribution in [3.8, 4) is 11.5 Å². The van der Waals surface area contributed by atoms with Crippen molar-refractivity contribution in [2.24, 2.45) is 5.10 Å². The molecule has 2 aromatic rings. The molecule has 21 heavy (non-hydrogen) atoms. The number of methoxy groups -OCH3 is 2. The number of hydrogen-bond donors (Lipinski definition) is 1. The van der Waals surface area contributed by atoms with Gasteiger partial charge in [-0.2, -0.15) is 5.10 Å². The highest BCUT2D eigenvalue weighted by atomic mass is 35.5. The van der Waals surface area contributed by atoms with Gasteiger partial charge in [0.25, 0.3) is 0 Å². The number of benzene rings is 2. The van der Waals surface area contributed by atoms with E-state index < -0.39 is 0 Å². The fraction of sp³-hybridized carbons (Fsp3) is 0.188. The van der Waals surface area contributed by atoms with Gasteiger partial charge in [0.1, 0.15) is 11.5 Å². The Kier molecular flexibility index (Phi) is 5.46. The summed E-state index contributed by atoms with van der Waals surface area (Å²) in [5.41, 5.74) is 4.80. The summed E-state index contributed by atoms with van der Waals surface area (Å²) in [7, 11) is 3.24. The summed E-state index contributed by atoms with van der Waals surface area (Å²) in [5, 5.41) is 4.91. The Balaban J connectivity index is 2.02. The summed E-state index contributed by atoms with van der Waals surface area (Å²) in [6.45, 7) is 0.558. The maximum Gasteiger partial charge on any atom is 0.127 e. The van der Waals surface area contributed by atoms with E-state index in [-0.39, 0.29) is 0 Å². The molecule has 0 aromatic heterocycles. The van der Waals surface area contributed by atoms with E-state index in [1.165, 1.54) is 0 Å². The number of nitrogens with zero attached hydrogens (tertiary/aromatic N) is 1. The van der Waals surface area contributed by atoms with Gasteiger partial charge in [-0.15, -0.1) is 0 Å². The van der Waals surface area contributed by atoms with E-state index in [1.54, 1.807) is 20.4 Å². The molecule has 0 saturated carbocycles. The van der Waals surface area contributed by atoms with Crippen LogP contribution in [0, 0.1) is 0 Å². The Labute approximate surface area is 129 Å². The summed E-state index contributed by atoms with van der Waals surface area (Å²) in [6, 6.07) is 13.2. The molecule has 0 radical (unpaired) electrons. The lowest BCUT2D eigenvalue weighted by Crippen LogP contribution is -2.06. The average Bonchev–Trinajstić information content (AvgIpc) is 2.52. The highest BCUT2D eigenvalue weighted by Crippen LogP contribution is 2.22. The van der Waals surface area contributed by atoms with Crippen molar-refractivity contribution in [3.63, 3.8) is 0 Å². The number of halogens is 1. The lowest BCUT2D eigenvalue weighted by molar-refractivity contribution is 0.402. The third kappa shape index (κ3) is 4.13. The summed E-state index contributed by atoms with van der Waals surface area (Å²) in [6.07, 6.45) is 1.69. The summed E-state index contributed by atoms with van der Waals surface area (Å²) in [5.74, 6) is 1.49. The van der Waals surface area contributed by atoms with Crippen LogP contribution < -0.4 is 14.9 Å². The van der Waals surface area contributed by atoms with Crippen LogP contribution in [-0.2, 0) is 6.54 Å². The van der Waals surface area contributed by atoms with E-state index in [1.807, 2.05) is 42.5 Å². The van der Waals surface area contributed by atoms with Crippen LogP contribution in [0.4, 0.5) is 0 Å². The fourth-order valence-electron chi connectivity index (χ4n) is 1.83. The molecule has 0 unspecified atom stereocenters. The summed E-state index contributed by atoms with van der Waals surface area (Å²) >= 11 is 6.08. The number of hydrazone groups is 1. The monoisotopic (exact) mass is 304 g/mol. The Morgan fingerprint density at radius 1 is 1.14 bits per heavy atom. The standard InChI is InChI=1S/C16H17ClN2O2/c1-20-14-7-8-16(21-2)13(9-14)11-19-18-10-12-5-3-4-6-15(12)17/h3-9,11,18H,10H2,1-2H3/b19-11-. The van der Waals surface area contributed by atoms with E-state index in [0.29, 0.717) is 6.54 Å². The van der Waals surface area contributed by atoms with Crippen LogP contribution in [0.1, 0.15) is 11.1 Å². The molecule has 0 aliphatic rings. The second-order valence-corrected chi connectivity index (χ2v) is 4.70. The van der Waals surface area contributed by atoms with E-state index in [4.69, 9.17) is 21.1 Å². The molecule has 4 nitrogen and oxygen atoms in total. The summed E-state index contributed by atoms with van der Waals surface area (Å²) in [4.78, 5) is 0. The van der Waals surface area contributed by atoms with E-state index in [0.717, 1.165) is 27.6 Å². The average molecular weight is 305 g/mol. The number of nitrogens with one attached hydrogen (secondary N) is 1. The molecule has 2 rings (SSSR count). The second-order valence-electron chi connectivity index (χ2n) is 4.29. The Morgan fingerprint density at radius 2 is 1.95 bits per heavy atom. The first-order valence-corrected chi connectivity index (χ1v) is 6.83. The molecular formula is C16H17ClN2O2. The SMILES string of the molecule is COc1ccc(OC)c(/C=N\NCc2ccccc2Cl)c1. The zero-order valence-corrected chi connectivity index (χ0v) is 12.7. The molecule has 2 aromatic carbocycles. The van der Waals surface area contributed by atoms with Gasteiger partial charge in [-0.1, -0.05) is 29.8 Å². The Bertz CT molecular complexity index is 629. The molecule has 0 atom stereocenters. The topological polar surface area (TPSA) is 42.9 Å². The zero-order valence-electron chi connectivity index (χ0n) is 12.0. The maximum absolute atomic E-state index is 6.08. The predicted octanol–water partition coefficient (Wildman–Crippen LogP) is 3.48. The van der Waals surface area contributed by atoms with Gasteiger partial charge in [-0.25, -0.2) is 0 Å². The zero-order chi connectivity index (χ0) is 15.1. The number of hydrogen-bond acceptors (Lipinski definition) is 4. The van der Waals surface area contributed by atoms with Gasteiger partial charge < -0.3 is 14.9 Å². The highest BCUT2D eigenvalue weighted by Gasteiger charge is 2.02. The molecule has 110 valence electrons. The predicted molar refractivity (Wildman–Crippen MR) is 85.4 cm³/mol. The molecular weight excluding hydrogens is 288 g/mol. The van der Waals surface area contributed by atoms with Crippen molar-refractivity contribution in [2.45, 2.75) is 6.54 Å². The van der Waals surface area contributed by atoms with Crippen molar-refractivity contribution in [1.82, 2.24) is 5.43 Å². The van der Waals surface area contributed by atoms with Gasteiger partial charge >= 0.3 is 0 Å². The molecule has 0 aliphatic heterocycles. The van der Waals surface area contributed by atoms with Crippen molar-refractivity contribution < 1.29 is 9.47 Å². The quantitative estimate of drug-likeness (QED) is 0.656. The summed E-state index contributed by atoms with van der Waals surface area (Å²) < 4.78 is 10.5. The molecule has 5 heteroatoms. The van der Waals surface area contributed by atoms with E-state index in [9.17, 15) is 0 Å². The molecule has 0 fully saturated rings. The largest absolute Gasteiger partial charge is 0.497 e. The van der Waals surface area contributed by atoms with Gasteiger partial charge in [0.2, 0.25) is 0 Å². The molecule has 0 bridgehead atoms. The molecule has 0 amide bonds. The normalized spacial score (nSPS) is 10.6. The lowest BCUT2D eigenvalue weighted by atomic mass is 10.2. The van der Waals surface area contributed by atoms with Crippen LogP contribution in [0.3, 0.4) is 0 Å². The Morgan fingerprint density at radius 3 is 2.67 bits per heavy atom. The van der Waals surface area contributed by atoms with Crippen molar-refractivity contribution in [2.75, 3.05) is 14.2 Å². The van der Waals surface area contributed by atoms with Gasteiger partial charge in [0.05, 0.1) is 27.0 Å². The smallest absolute Gasteiger partial charge is 0.127 e. The first kappa shape index (κ1) is 15.2. The van der Waals surface area contributed by atoms with Crippen LogP contribution in [0.2, 0.25) is 5.02 Å². The third-order valence-electron chi connectivity index (χ3n) is 2.96. The van der Waals surface area contributed by atoms with Gasteiger partial charge in [0.15, 0.2) is 0 Å². The third-order valence-corrected chi connectivity index (χ3v) is 3.33. The molecule has 0 saturated heterocycles. The van der Waals surface area contributed by atoms with Crippen LogP contribution in [0.5, 0.6) is 11.5 Å². The molecule has 1 N–H and O–H groups in total. The fourth-order valence-corrected chi connectivity index (χ4v) is 2.03. The lowest BCUT2D eigenvalue weighted by Gasteiger charge is -2.07. The van der Waals surface area contributed by atoms with Gasteiger partial charge in [-0.05, 0) is 29.8 Å². The van der Waals surface area contributed by atoms with Gasteiger partial charge in [-0.3, -0.25) is 0 Å². The Hall–Kier alpha value is -2.20. The minimum atomic E-state index is 0.558. The first-order valence-electron chi connectivity index (χ1n) is 6.46. The van der Waals surface area contributed by atoms with Crippen molar-refractivity contribution in [3.05, 3.63) is 58.6 Å².